The van der Waals surface area contributed by atoms with Gasteiger partial charge in [-0.25, -0.2) is 0 Å². The fourth-order valence-corrected chi connectivity index (χ4v) is 2.83. The minimum absolute atomic E-state index is 0.582. The van der Waals surface area contributed by atoms with Gasteiger partial charge in [-0.1, -0.05) is 37.5 Å². The molecule has 20 heavy (non-hydrogen) atoms. The van der Waals surface area contributed by atoms with Crippen molar-refractivity contribution in [1.82, 2.24) is 5.32 Å². The maximum absolute atomic E-state index is 5.93. The average molecular weight is 273 g/mol. The summed E-state index contributed by atoms with van der Waals surface area (Å²) in [6.07, 6.45) is 5.38. The van der Waals surface area contributed by atoms with Crippen LogP contribution < -0.4 is 5.32 Å². The van der Waals surface area contributed by atoms with Gasteiger partial charge in [-0.15, -0.1) is 0 Å². The van der Waals surface area contributed by atoms with E-state index in [1.165, 1.54) is 36.6 Å². The molecule has 0 saturated heterocycles. The van der Waals surface area contributed by atoms with Crippen molar-refractivity contribution in [2.24, 2.45) is 5.92 Å². The number of ether oxygens (including phenoxy) is 1. The Morgan fingerprint density at radius 1 is 1.30 bits per heavy atom. The predicted octanol–water partition coefficient (Wildman–Crippen LogP) is 3.86. The molecule has 1 aliphatic carbocycles. The van der Waals surface area contributed by atoms with Crippen LogP contribution in [0.15, 0.2) is 28.7 Å². The molecule has 0 atom stereocenters. The van der Waals surface area contributed by atoms with Crippen LogP contribution in [-0.2, 0) is 17.9 Å². The van der Waals surface area contributed by atoms with Crippen LogP contribution in [0.1, 0.15) is 37.0 Å². The zero-order valence-corrected chi connectivity index (χ0v) is 12.2. The fourth-order valence-electron chi connectivity index (χ4n) is 2.83. The van der Waals surface area contributed by atoms with Crippen molar-refractivity contribution in [3.63, 3.8) is 0 Å². The molecule has 1 heterocycles. The summed E-state index contributed by atoms with van der Waals surface area (Å²) < 4.78 is 11.8. The second-order valence-electron chi connectivity index (χ2n) is 5.67. The molecule has 1 fully saturated rings. The lowest BCUT2D eigenvalue weighted by molar-refractivity contribution is 0.0839. The van der Waals surface area contributed by atoms with E-state index in [2.05, 4.69) is 17.4 Å². The zero-order chi connectivity index (χ0) is 13.8. The van der Waals surface area contributed by atoms with Gasteiger partial charge in [0, 0.05) is 24.1 Å². The lowest BCUT2D eigenvalue weighted by atomic mass is 9.83. The predicted molar refractivity (Wildman–Crippen MR) is 80.6 cm³/mol. The SMILES string of the molecule is CNCc1c(COCCC2CCC2)oc2ccccc12. The number of para-hydroxylation sites is 1. The van der Waals surface area contributed by atoms with Crippen LogP contribution in [0.5, 0.6) is 0 Å². The first-order chi connectivity index (χ1) is 9.88. The lowest BCUT2D eigenvalue weighted by Crippen LogP contribution is -2.13. The van der Waals surface area contributed by atoms with Gasteiger partial charge in [-0.05, 0) is 25.5 Å². The second-order valence-corrected chi connectivity index (χ2v) is 5.67. The van der Waals surface area contributed by atoms with Crippen LogP contribution in [0.4, 0.5) is 0 Å². The third kappa shape index (κ3) is 2.89. The van der Waals surface area contributed by atoms with E-state index in [-0.39, 0.29) is 0 Å². The molecule has 1 aromatic carbocycles. The van der Waals surface area contributed by atoms with Gasteiger partial charge in [0.15, 0.2) is 0 Å². The van der Waals surface area contributed by atoms with Crippen LogP contribution in [0.2, 0.25) is 0 Å². The summed E-state index contributed by atoms with van der Waals surface area (Å²) >= 11 is 0. The van der Waals surface area contributed by atoms with Gasteiger partial charge in [-0.3, -0.25) is 0 Å². The summed E-state index contributed by atoms with van der Waals surface area (Å²) in [4.78, 5) is 0. The standard InChI is InChI=1S/C17H23NO2/c1-18-11-15-14-7-2-3-8-16(14)20-17(15)12-19-10-9-13-5-4-6-13/h2-3,7-8,13,18H,4-6,9-12H2,1H3. The Labute approximate surface area is 120 Å². The van der Waals surface area contributed by atoms with E-state index in [0.29, 0.717) is 6.61 Å². The second kappa shape index (κ2) is 6.42. The van der Waals surface area contributed by atoms with Gasteiger partial charge in [0.25, 0.3) is 0 Å². The Bertz CT molecular complexity index is 557. The summed E-state index contributed by atoms with van der Waals surface area (Å²) in [5.41, 5.74) is 2.18. The first kappa shape index (κ1) is 13.7. The van der Waals surface area contributed by atoms with Crippen LogP contribution in [0.25, 0.3) is 11.0 Å². The van der Waals surface area contributed by atoms with Gasteiger partial charge in [-0.2, -0.15) is 0 Å². The van der Waals surface area contributed by atoms with E-state index in [0.717, 1.165) is 30.4 Å². The number of nitrogens with one attached hydrogen (secondary N) is 1. The molecule has 1 N–H and O–H groups in total. The molecule has 0 unspecified atom stereocenters. The lowest BCUT2D eigenvalue weighted by Gasteiger charge is -2.24. The molecular weight excluding hydrogens is 250 g/mol. The molecule has 108 valence electrons. The number of hydrogen-bond acceptors (Lipinski definition) is 3. The number of rotatable bonds is 7. The molecule has 0 amide bonds. The summed E-state index contributed by atoms with van der Waals surface area (Å²) in [5.74, 6) is 1.87. The molecule has 1 aromatic heterocycles. The minimum atomic E-state index is 0.582. The number of furan rings is 1. The highest BCUT2D eigenvalue weighted by atomic mass is 16.5. The van der Waals surface area contributed by atoms with Crippen molar-refractivity contribution in [2.75, 3.05) is 13.7 Å². The zero-order valence-electron chi connectivity index (χ0n) is 12.2. The molecular formula is C17H23NO2. The van der Waals surface area contributed by atoms with E-state index < -0.39 is 0 Å². The first-order valence-electron chi connectivity index (χ1n) is 7.60. The molecule has 1 saturated carbocycles. The van der Waals surface area contributed by atoms with E-state index in [1.807, 2.05) is 19.2 Å². The van der Waals surface area contributed by atoms with Crippen LogP contribution in [-0.4, -0.2) is 13.7 Å². The maximum Gasteiger partial charge on any atom is 0.135 e. The van der Waals surface area contributed by atoms with Gasteiger partial charge in [0.05, 0.1) is 0 Å². The quantitative estimate of drug-likeness (QED) is 0.778. The molecule has 2 aromatic rings. The van der Waals surface area contributed by atoms with Gasteiger partial charge >= 0.3 is 0 Å². The first-order valence-corrected chi connectivity index (χ1v) is 7.60. The smallest absolute Gasteiger partial charge is 0.135 e. The molecule has 0 radical (unpaired) electrons. The molecule has 3 heteroatoms. The highest BCUT2D eigenvalue weighted by molar-refractivity contribution is 5.82. The Kier molecular flexibility index (Phi) is 4.38. The van der Waals surface area contributed by atoms with Gasteiger partial charge in [0.1, 0.15) is 18.0 Å². The fraction of sp³-hybridized carbons (Fsp3) is 0.529. The maximum atomic E-state index is 5.93. The molecule has 1 aliphatic rings. The minimum Gasteiger partial charge on any atom is -0.458 e. The monoisotopic (exact) mass is 273 g/mol. The van der Waals surface area contributed by atoms with Gasteiger partial charge < -0.3 is 14.5 Å². The van der Waals surface area contributed by atoms with Crippen molar-refractivity contribution in [3.8, 4) is 0 Å². The van der Waals surface area contributed by atoms with Crippen molar-refractivity contribution < 1.29 is 9.15 Å². The summed E-state index contributed by atoms with van der Waals surface area (Å²) in [7, 11) is 1.96. The average Bonchev–Trinajstić information content (AvgIpc) is 2.75. The molecule has 0 aliphatic heterocycles. The normalized spacial score (nSPS) is 15.7. The van der Waals surface area contributed by atoms with Crippen LogP contribution in [0.3, 0.4) is 0 Å². The summed E-state index contributed by atoms with van der Waals surface area (Å²) in [5, 5.41) is 4.41. The van der Waals surface area contributed by atoms with Crippen molar-refractivity contribution in [3.05, 3.63) is 35.6 Å². The molecule has 3 nitrogen and oxygen atoms in total. The Morgan fingerprint density at radius 2 is 2.15 bits per heavy atom. The topological polar surface area (TPSA) is 34.4 Å². The third-order valence-electron chi connectivity index (χ3n) is 4.26. The van der Waals surface area contributed by atoms with E-state index >= 15 is 0 Å². The van der Waals surface area contributed by atoms with Crippen molar-refractivity contribution in [2.45, 2.75) is 38.8 Å². The Hall–Kier alpha value is -1.32. The summed E-state index contributed by atoms with van der Waals surface area (Å²) in [6.45, 7) is 2.25. The Morgan fingerprint density at radius 3 is 2.90 bits per heavy atom. The van der Waals surface area contributed by atoms with Crippen molar-refractivity contribution >= 4 is 11.0 Å². The Balaban J connectivity index is 1.64. The molecule has 0 bridgehead atoms. The third-order valence-corrected chi connectivity index (χ3v) is 4.26. The summed E-state index contributed by atoms with van der Waals surface area (Å²) in [6, 6.07) is 8.20. The van der Waals surface area contributed by atoms with Gasteiger partial charge in [0.2, 0.25) is 0 Å². The largest absolute Gasteiger partial charge is 0.458 e. The van der Waals surface area contributed by atoms with Crippen LogP contribution in [0, 0.1) is 5.92 Å². The number of benzene rings is 1. The highest BCUT2D eigenvalue weighted by Gasteiger charge is 2.17. The molecule has 3 rings (SSSR count). The number of hydrogen-bond donors (Lipinski definition) is 1. The highest BCUT2D eigenvalue weighted by Crippen LogP contribution is 2.30. The van der Waals surface area contributed by atoms with Crippen LogP contribution >= 0.6 is 0 Å². The van der Waals surface area contributed by atoms with E-state index in [1.54, 1.807) is 0 Å². The van der Waals surface area contributed by atoms with E-state index in [4.69, 9.17) is 9.15 Å². The van der Waals surface area contributed by atoms with Crippen molar-refractivity contribution in [1.29, 1.82) is 0 Å². The number of fused-ring (bicyclic) bond motifs is 1. The van der Waals surface area contributed by atoms with E-state index in [9.17, 15) is 0 Å². The molecule has 0 spiro atoms.